The van der Waals surface area contributed by atoms with Crippen molar-refractivity contribution in [2.24, 2.45) is 0 Å². The number of H-pyrrole nitrogens is 1. The Morgan fingerprint density at radius 2 is 2.28 bits per heavy atom. The summed E-state index contributed by atoms with van der Waals surface area (Å²) < 4.78 is 5.20. The summed E-state index contributed by atoms with van der Waals surface area (Å²) in [6.07, 6.45) is 1.53. The summed E-state index contributed by atoms with van der Waals surface area (Å²) in [5, 5.41) is 20.7. The first kappa shape index (κ1) is 16.7. The van der Waals surface area contributed by atoms with Crippen molar-refractivity contribution in [3.05, 3.63) is 52.3 Å². The van der Waals surface area contributed by atoms with Crippen molar-refractivity contribution in [3.63, 3.8) is 0 Å². The average Bonchev–Trinajstić information content (AvgIpc) is 3.25. The van der Waals surface area contributed by atoms with Gasteiger partial charge in [-0.3, -0.25) is 20.0 Å². The molecule has 0 bridgehead atoms. The van der Waals surface area contributed by atoms with Gasteiger partial charge in [-0.15, -0.1) is 5.10 Å². The van der Waals surface area contributed by atoms with Crippen LogP contribution in [0.5, 0.6) is 0 Å². The predicted molar refractivity (Wildman–Crippen MR) is 91.3 cm³/mol. The first-order chi connectivity index (χ1) is 12.0. The fourth-order valence-electron chi connectivity index (χ4n) is 2.05. The highest BCUT2D eigenvalue weighted by Gasteiger charge is 2.14. The van der Waals surface area contributed by atoms with Crippen molar-refractivity contribution in [3.8, 4) is 11.6 Å². The molecule has 0 fully saturated rings. The lowest BCUT2D eigenvalue weighted by Gasteiger charge is -2.05. The Kier molecular flexibility index (Phi) is 4.80. The van der Waals surface area contributed by atoms with Crippen LogP contribution in [-0.2, 0) is 4.79 Å². The number of carbonyl (C=O) groups is 1. The van der Waals surface area contributed by atoms with Crippen molar-refractivity contribution < 1.29 is 14.1 Å². The van der Waals surface area contributed by atoms with Crippen LogP contribution in [0.25, 0.3) is 11.6 Å². The van der Waals surface area contributed by atoms with E-state index in [4.69, 9.17) is 4.42 Å². The number of nitrogens with one attached hydrogen (secondary N) is 2. The van der Waals surface area contributed by atoms with Crippen LogP contribution in [0.1, 0.15) is 5.56 Å². The zero-order chi connectivity index (χ0) is 17.8. The molecule has 0 aliphatic carbocycles. The maximum atomic E-state index is 12.0. The summed E-state index contributed by atoms with van der Waals surface area (Å²) in [7, 11) is 0. The summed E-state index contributed by atoms with van der Waals surface area (Å²) in [5.74, 6) is 0.780. The van der Waals surface area contributed by atoms with Gasteiger partial charge in [0, 0.05) is 17.3 Å². The number of thioether (sulfide) groups is 1. The number of furan rings is 1. The van der Waals surface area contributed by atoms with Crippen molar-refractivity contribution in [2.45, 2.75) is 12.1 Å². The van der Waals surface area contributed by atoms with Crippen LogP contribution in [0.4, 0.5) is 11.4 Å². The lowest BCUT2D eigenvalue weighted by molar-refractivity contribution is -0.385. The quantitative estimate of drug-likeness (QED) is 0.393. The van der Waals surface area contributed by atoms with Crippen LogP contribution in [0.3, 0.4) is 0 Å². The standard InChI is InChI=1S/C15H13N5O4S/c1-9-4-5-10(7-11(9)20(22)23)16-13(21)8-25-15-17-14(18-19-15)12-3-2-6-24-12/h2-7H,8H2,1H3,(H,16,21)(H,17,18,19). The molecule has 0 aliphatic heterocycles. The van der Waals surface area contributed by atoms with Crippen LogP contribution < -0.4 is 5.32 Å². The Balaban J connectivity index is 1.58. The highest BCUT2D eigenvalue weighted by Crippen LogP contribution is 2.23. The molecule has 0 aliphatic rings. The van der Waals surface area contributed by atoms with E-state index in [1.54, 1.807) is 31.2 Å². The molecule has 2 N–H and O–H groups in total. The second-order valence-corrected chi connectivity index (χ2v) is 5.98. The molecule has 0 unspecified atom stereocenters. The molecule has 0 radical (unpaired) electrons. The number of amides is 1. The Morgan fingerprint density at radius 1 is 1.44 bits per heavy atom. The zero-order valence-electron chi connectivity index (χ0n) is 13.1. The van der Waals surface area contributed by atoms with Gasteiger partial charge in [0.2, 0.25) is 11.1 Å². The average molecular weight is 359 g/mol. The molecular formula is C15H13N5O4S. The van der Waals surface area contributed by atoms with Gasteiger partial charge < -0.3 is 9.73 Å². The lowest BCUT2D eigenvalue weighted by atomic mass is 10.2. The summed E-state index contributed by atoms with van der Waals surface area (Å²) in [4.78, 5) is 26.7. The molecule has 0 saturated heterocycles. The largest absolute Gasteiger partial charge is 0.461 e. The molecule has 25 heavy (non-hydrogen) atoms. The Morgan fingerprint density at radius 3 is 3.00 bits per heavy atom. The van der Waals surface area contributed by atoms with E-state index in [-0.39, 0.29) is 17.3 Å². The molecule has 1 aromatic carbocycles. The molecule has 3 rings (SSSR count). The number of hydrogen-bond donors (Lipinski definition) is 2. The molecule has 3 aromatic rings. The number of benzene rings is 1. The molecular weight excluding hydrogens is 346 g/mol. The number of nitro benzene ring substituents is 1. The summed E-state index contributed by atoms with van der Waals surface area (Å²) >= 11 is 1.14. The third-order valence-electron chi connectivity index (χ3n) is 3.24. The second-order valence-electron chi connectivity index (χ2n) is 5.04. The van der Waals surface area contributed by atoms with Crippen LogP contribution in [0.2, 0.25) is 0 Å². The molecule has 10 heteroatoms. The molecule has 0 atom stereocenters. The van der Waals surface area contributed by atoms with E-state index in [2.05, 4.69) is 20.5 Å². The van der Waals surface area contributed by atoms with Gasteiger partial charge in [0.1, 0.15) is 0 Å². The van der Waals surface area contributed by atoms with E-state index in [1.807, 2.05) is 0 Å². The maximum Gasteiger partial charge on any atom is 0.274 e. The van der Waals surface area contributed by atoms with Gasteiger partial charge in [-0.25, -0.2) is 0 Å². The van der Waals surface area contributed by atoms with E-state index >= 15 is 0 Å². The normalized spacial score (nSPS) is 10.6. The van der Waals surface area contributed by atoms with Crippen LogP contribution in [0, 0.1) is 17.0 Å². The van der Waals surface area contributed by atoms with Crippen LogP contribution in [0.15, 0.2) is 46.2 Å². The Bertz CT molecular complexity index is 907. The van der Waals surface area contributed by atoms with E-state index < -0.39 is 4.92 Å². The zero-order valence-corrected chi connectivity index (χ0v) is 13.9. The van der Waals surface area contributed by atoms with Gasteiger partial charge in [0.05, 0.1) is 16.9 Å². The SMILES string of the molecule is Cc1ccc(NC(=O)CSc2n[nH]c(-c3ccco3)n2)cc1[N+](=O)[O-]. The van der Waals surface area contributed by atoms with Crippen molar-refractivity contribution >= 4 is 29.0 Å². The smallest absolute Gasteiger partial charge is 0.274 e. The molecule has 9 nitrogen and oxygen atoms in total. The van der Waals surface area contributed by atoms with Crippen LogP contribution >= 0.6 is 11.8 Å². The number of anilines is 1. The number of rotatable bonds is 6. The number of aromatic amines is 1. The van der Waals surface area contributed by atoms with Crippen LogP contribution in [-0.4, -0.2) is 31.8 Å². The van der Waals surface area contributed by atoms with Gasteiger partial charge >= 0.3 is 0 Å². The fourth-order valence-corrected chi connectivity index (χ4v) is 2.64. The van der Waals surface area contributed by atoms with Crippen molar-refractivity contribution in [2.75, 3.05) is 11.1 Å². The topological polar surface area (TPSA) is 127 Å². The monoisotopic (exact) mass is 359 g/mol. The highest BCUT2D eigenvalue weighted by molar-refractivity contribution is 7.99. The molecule has 1 amide bonds. The lowest BCUT2D eigenvalue weighted by Crippen LogP contribution is -2.14. The third kappa shape index (κ3) is 4.04. The summed E-state index contributed by atoms with van der Waals surface area (Å²) in [5.41, 5.74) is 0.861. The predicted octanol–water partition coefficient (Wildman–Crippen LogP) is 3.01. The van der Waals surface area contributed by atoms with Gasteiger partial charge in [0.15, 0.2) is 11.6 Å². The van der Waals surface area contributed by atoms with Gasteiger partial charge in [-0.05, 0) is 25.1 Å². The molecule has 128 valence electrons. The number of aryl methyl sites for hydroxylation is 1. The highest BCUT2D eigenvalue weighted by atomic mass is 32.2. The van der Waals surface area contributed by atoms with Gasteiger partial charge in [-0.2, -0.15) is 4.98 Å². The second kappa shape index (κ2) is 7.18. The fraction of sp³-hybridized carbons (Fsp3) is 0.133. The first-order valence-electron chi connectivity index (χ1n) is 7.17. The minimum atomic E-state index is -0.483. The number of nitrogens with zero attached hydrogens (tertiary/aromatic N) is 3. The van der Waals surface area contributed by atoms with E-state index in [0.717, 1.165) is 11.8 Å². The van der Waals surface area contributed by atoms with Crippen molar-refractivity contribution in [1.82, 2.24) is 15.2 Å². The minimum Gasteiger partial charge on any atom is -0.461 e. The summed E-state index contributed by atoms with van der Waals surface area (Å²) in [6.45, 7) is 1.64. The molecule has 2 aromatic heterocycles. The Hall–Kier alpha value is -3.14. The third-order valence-corrected chi connectivity index (χ3v) is 4.09. The maximum absolute atomic E-state index is 12.0. The molecule has 0 saturated carbocycles. The van der Waals surface area contributed by atoms with Gasteiger partial charge in [0.25, 0.3) is 5.69 Å². The first-order valence-corrected chi connectivity index (χ1v) is 8.15. The van der Waals surface area contributed by atoms with Crippen molar-refractivity contribution in [1.29, 1.82) is 0 Å². The summed E-state index contributed by atoms with van der Waals surface area (Å²) in [6, 6.07) is 8.02. The minimum absolute atomic E-state index is 0.0393. The van der Waals surface area contributed by atoms with E-state index in [9.17, 15) is 14.9 Å². The number of aromatic nitrogens is 3. The van der Waals surface area contributed by atoms with E-state index in [0.29, 0.717) is 28.0 Å². The Labute approximate surface area is 146 Å². The molecule has 2 heterocycles. The molecule has 0 spiro atoms. The van der Waals surface area contributed by atoms with Gasteiger partial charge in [-0.1, -0.05) is 17.8 Å². The number of nitro groups is 1. The number of hydrogen-bond acceptors (Lipinski definition) is 7. The number of carbonyl (C=O) groups excluding carboxylic acids is 1. The van der Waals surface area contributed by atoms with E-state index in [1.165, 1.54) is 12.3 Å².